The first kappa shape index (κ1) is 15.9. The van der Waals surface area contributed by atoms with Crippen LogP contribution in [0.4, 0.5) is 0 Å². The first-order chi connectivity index (χ1) is 9.92. The molecule has 2 rings (SSSR count). The number of likely N-dealkylation sites (tertiary alicyclic amines) is 1. The van der Waals surface area contributed by atoms with Crippen molar-refractivity contribution in [1.29, 1.82) is 0 Å². The normalized spacial score (nSPS) is 20.3. The maximum absolute atomic E-state index is 11.7. The van der Waals surface area contributed by atoms with Crippen LogP contribution >= 0.6 is 0 Å². The second-order valence-electron chi connectivity index (χ2n) is 6.76. The van der Waals surface area contributed by atoms with Gasteiger partial charge < -0.3 is 15.1 Å². The van der Waals surface area contributed by atoms with Crippen LogP contribution < -0.4 is 5.32 Å². The third-order valence-electron chi connectivity index (χ3n) is 4.56. The lowest BCUT2D eigenvalue weighted by molar-refractivity contribution is -0.127. The monoisotopic (exact) mass is 292 g/mol. The average molecular weight is 292 g/mol. The van der Waals surface area contributed by atoms with Crippen molar-refractivity contribution in [2.45, 2.75) is 32.6 Å². The van der Waals surface area contributed by atoms with Crippen molar-refractivity contribution in [1.82, 2.24) is 15.1 Å². The van der Waals surface area contributed by atoms with Crippen LogP contribution in [0.1, 0.15) is 32.6 Å². The van der Waals surface area contributed by atoms with Crippen LogP contribution in [-0.4, -0.2) is 61.9 Å². The van der Waals surface area contributed by atoms with E-state index >= 15 is 0 Å². The Hall–Kier alpha value is -1.52. The minimum absolute atomic E-state index is 0.0298. The molecule has 1 aliphatic heterocycles. The Morgan fingerprint density at radius 3 is 2.57 bits per heavy atom. The standard InChI is InChI=1S/C16H28N4O/c1-13(2)10-17-15(18-11-14(21)19(3)4)20-9-8-16(12-20)6-5-7-16/h1,5-12H2,2-4H3,(H,17,18). The summed E-state index contributed by atoms with van der Waals surface area (Å²) in [6, 6.07) is 0. The fraction of sp³-hybridized carbons (Fsp3) is 0.750. The maximum atomic E-state index is 11.7. The predicted molar refractivity (Wildman–Crippen MR) is 86.3 cm³/mol. The molecular formula is C16H28N4O. The summed E-state index contributed by atoms with van der Waals surface area (Å²) in [7, 11) is 3.52. The molecule has 0 aromatic heterocycles. The summed E-state index contributed by atoms with van der Waals surface area (Å²) in [5, 5.41) is 3.35. The Balaban J connectivity index is 1.99. The molecule has 1 amide bonds. The Morgan fingerprint density at radius 1 is 1.38 bits per heavy atom. The number of aliphatic imine (C=N–C) groups is 1. The van der Waals surface area contributed by atoms with Crippen LogP contribution in [0.5, 0.6) is 0 Å². The van der Waals surface area contributed by atoms with Crippen molar-refractivity contribution >= 4 is 11.9 Å². The van der Waals surface area contributed by atoms with Gasteiger partial charge in [0.15, 0.2) is 5.96 Å². The number of hydrogen-bond acceptors (Lipinski definition) is 2. The number of guanidine groups is 1. The van der Waals surface area contributed by atoms with E-state index in [2.05, 4.69) is 21.8 Å². The number of carbonyl (C=O) groups excluding carboxylic acids is 1. The van der Waals surface area contributed by atoms with Crippen molar-refractivity contribution in [3.05, 3.63) is 12.2 Å². The third kappa shape index (κ3) is 3.99. The van der Waals surface area contributed by atoms with Crippen LogP contribution in [-0.2, 0) is 4.79 Å². The van der Waals surface area contributed by atoms with Crippen LogP contribution in [0.3, 0.4) is 0 Å². The van der Waals surface area contributed by atoms with E-state index in [1.165, 1.54) is 25.7 Å². The largest absolute Gasteiger partial charge is 0.353 e. The Kier molecular flexibility index (Phi) is 4.91. The highest BCUT2D eigenvalue weighted by atomic mass is 16.2. The summed E-state index contributed by atoms with van der Waals surface area (Å²) in [4.78, 5) is 20.2. The van der Waals surface area contributed by atoms with Gasteiger partial charge in [-0.1, -0.05) is 18.6 Å². The molecule has 1 saturated carbocycles. The summed E-state index contributed by atoms with van der Waals surface area (Å²) in [6.45, 7) is 8.94. The molecule has 2 fully saturated rings. The molecule has 1 heterocycles. The summed E-state index contributed by atoms with van der Waals surface area (Å²) in [6.07, 6.45) is 5.29. The summed E-state index contributed by atoms with van der Waals surface area (Å²) in [5.41, 5.74) is 1.59. The van der Waals surface area contributed by atoms with E-state index in [1.54, 1.807) is 19.0 Å². The number of nitrogens with zero attached hydrogens (tertiary/aromatic N) is 3. The highest BCUT2D eigenvalue weighted by Gasteiger charge is 2.43. The van der Waals surface area contributed by atoms with Crippen LogP contribution in [0.2, 0.25) is 0 Å². The lowest BCUT2D eigenvalue weighted by Gasteiger charge is -2.38. The molecule has 1 N–H and O–H groups in total. The van der Waals surface area contributed by atoms with Gasteiger partial charge in [0.25, 0.3) is 0 Å². The van der Waals surface area contributed by atoms with Crippen molar-refractivity contribution < 1.29 is 4.79 Å². The third-order valence-corrected chi connectivity index (χ3v) is 4.56. The van der Waals surface area contributed by atoms with Gasteiger partial charge in [0.05, 0.1) is 0 Å². The smallest absolute Gasteiger partial charge is 0.243 e. The van der Waals surface area contributed by atoms with Crippen LogP contribution in [0.15, 0.2) is 17.1 Å². The molecule has 5 nitrogen and oxygen atoms in total. The van der Waals surface area contributed by atoms with E-state index in [0.29, 0.717) is 12.0 Å². The first-order valence-electron chi connectivity index (χ1n) is 7.80. The second kappa shape index (κ2) is 6.50. The van der Waals surface area contributed by atoms with E-state index in [9.17, 15) is 4.79 Å². The molecule has 2 aliphatic rings. The van der Waals surface area contributed by atoms with Crippen molar-refractivity contribution in [3.63, 3.8) is 0 Å². The second-order valence-corrected chi connectivity index (χ2v) is 6.76. The molecule has 1 spiro atoms. The van der Waals surface area contributed by atoms with E-state index < -0.39 is 0 Å². The molecule has 1 saturated heterocycles. The summed E-state index contributed by atoms with van der Waals surface area (Å²) < 4.78 is 0. The van der Waals surface area contributed by atoms with Crippen molar-refractivity contribution in [3.8, 4) is 0 Å². The van der Waals surface area contributed by atoms with Gasteiger partial charge in [-0.3, -0.25) is 4.79 Å². The van der Waals surface area contributed by atoms with Crippen LogP contribution in [0, 0.1) is 5.41 Å². The molecule has 0 unspecified atom stereocenters. The quantitative estimate of drug-likeness (QED) is 0.485. The average Bonchev–Trinajstić information content (AvgIpc) is 2.83. The van der Waals surface area contributed by atoms with Gasteiger partial charge >= 0.3 is 0 Å². The summed E-state index contributed by atoms with van der Waals surface area (Å²) in [5.74, 6) is 0.888. The fourth-order valence-corrected chi connectivity index (χ4v) is 2.98. The van der Waals surface area contributed by atoms with Gasteiger partial charge in [0.2, 0.25) is 5.91 Å². The molecule has 5 heteroatoms. The van der Waals surface area contributed by atoms with E-state index in [-0.39, 0.29) is 12.5 Å². The number of rotatable bonds is 4. The van der Waals surface area contributed by atoms with Gasteiger partial charge in [0.1, 0.15) is 6.54 Å². The minimum Gasteiger partial charge on any atom is -0.353 e. The number of nitrogens with one attached hydrogen (secondary N) is 1. The van der Waals surface area contributed by atoms with Crippen LogP contribution in [0.25, 0.3) is 0 Å². The zero-order chi connectivity index (χ0) is 15.5. The molecule has 21 heavy (non-hydrogen) atoms. The topological polar surface area (TPSA) is 47.9 Å². The fourth-order valence-electron chi connectivity index (χ4n) is 2.98. The van der Waals surface area contributed by atoms with Gasteiger partial charge in [-0.15, -0.1) is 0 Å². The van der Waals surface area contributed by atoms with E-state index in [0.717, 1.165) is 24.6 Å². The molecule has 0 aromatic carbocycles. The highest BCUT2D eigenvalue weighted by Crippen LogP contribution is 2.47. The van der Waals surface area contributed by atoms with Gasteiger partial charge in [0, 0.05) is 33.7 Å². The van der Waals surface area contributed by atoms with Gasteiger partial charge in [-0.05, 0) is 31.6 Å². The zero-order valence-electron chi connectivity index (χ0n) is 13.6. The summed E-state index contributed by atoms with van der Waals surface area (Å²) >= 11 is 0. The highest BCUT2D eigenvalue weighted by molar-refractivity contribution is 5.85. The molecule has 118 valence electrons. The van der Waals surface area contributed by atoms with Gasteiger partial charge in [-0.25, -0.2) is 4.99 Å². The van der Waals surface area contributed by atoms with E-state index in [1.807, 2.05) is 6.92 Å². The molecular weight excluding hydrogens is 264 g/mol. The molecule has 0 radical (unpaired) electrons. The zero-order valence-corrected chi connectivity index (χ0v) is 13.6. The number of amides is 1. The Morgan fingerprint density at radius 2 is 2.10 bits per heavy atom. The Bertz CT molecular complexity index is 438. The van der Waals surface area contributed by atoms with Crippen molar-refractivity contribution in [2.24, 2.45) is 10.4 Å². The molecule has 0 atom stereocenters. The number of hydrogen-bond donors (Lipinski definition) is 1. The number of likely N-dealkylation sites (N-methyl/N-ethyl adjacent to an activating group) is 1. The lowest BCUT2D eigenvalue weighted by atomic mass is 9.68. The minimum atomic E-state index is 0.0298. The lowest BCUT2D eigenvalue weighted by Crippen LogP contribution is -2.43. The molecule has 1 aliphatic carbocycles. The number of carbonyl (C=O) groups is 1. The first-order valence-corrected chi connectivity index (χ1v) is 7.80. The Labute approximate surface area is 128 Å². The molecule has 0 aromatic rings. The van der Waals surface area contributed by atoms with Gasteiger partial charge in [-0.2, -0.15) is 0 Å². The maximum Gasteiger partial charge on any atom is 0.243 e. The van der Waals surface area contributed by atoms with Crippen molar-refractivity contribution in [2.75, 3.05) is 40.3 Å². The van der Waals surface area contributed by atoms with E-state index in [4.69, 9.17) is 0 Å². The SMILES string of the molecule is C=C(C)CNC(=NCC(=O)N(C)C)N1CCC2(CCC2)C1. The molecule has 0 bridgehead atoms. The predicted octanol–water partition coefficient (Wildman–Crippen LogP) is 1.47.